The zero-order valence-corrected chi connectivity index (χ0v) is 14.3. The van der Waals surface area contributed by atoms with Crippen LogP contribution in [0.4, 0.5) is 0 Å². The highest BCUT2D eigenvalue weighted by Gasteiger charge is 2.28. The molecule has 4 N–H and O–H groups in total. The van der Waals surface area contributed by atoms with Crippen molar-refractivity contribution in [3.05, 3.63) is 0 Å². The van der Waals surface area contributed by atoms with Crippen LogP contribution in [0.3, 0.4) is 0 Å². The maximum Gasteiger partial charge on any atom is 0.109 e. The molecule has 6 atom stereocenters. The van der Waals surface area contributed by atoms with Crippen LogP contribution in [0.5, 0.6) is 0 Å². The number of aliphatic hydroxyl groups excluding tert-OH is 4. The van der Waals surface area contributed by atoms with Gasteiger partial charge in [0.2, 0.25) is 0 Å². The summed E-state index contributed by atoms with van der Waals surface area (Å²) in [7, 11) is 0. The van der Waals surface area contributed by atoms with Gasteiger partial charge in [-0.1, -0.05) is 13.8 Å². The van der Waals surface area contributed by atoms with E-state index in [1.165, 1.54) is 0 Å². The molecule has 0 spiro atoms. The monoisotopic (exact) mass is 322 g/mol. The van der Waals surface area contributed by atoms with Gasteiger partial charge in [0, 0.05) is 0 Å². The third-order valence-electron chi connectivity index (χ3n) is 3.63. The fourth-order valence-corrected chi connectivity index (χ4v) is 2.39. The van der Waals surface area contributed by atoms with E-state index in [4.69, 9.17) is 9.47 Å². The maximum atomic E-state index is 9.55. The minimum absolute atomic E-state index is 0.202. The summed E-state index contributed by atoms with van der Waals surface area (Å²) in [5, 5.41) is 38.0. The molecule has 134 valence electrons. The highest BCUT2D eigenvalue weighted by Crippen LogP contribution is 2.17. The normalized spacial score (nSPS) is 20.2. The van der Waals surface area contributed by atoms with Crippen LogP contribution in [0.25, 0.3) is 0 Å². The van der Waals surface area contributed by atoms with Crippen LogP contribution in [0.15, 0.2) is 0 Å². The molecule has 6 nitrogen and oxygen atoms in total. The van der Waals surface area contributed by atoms with Gasteiger partial charge >= 0.3 is 0 Å². The molecule has 6 unspecified atom stereocenters. The van der Waals surface area contributed by atoms with Crippen molar-refractivity contribution in [2.75, 3.05) is 13.2 Å². The Morgan fingerprint density at radius 1 is 0.727 bits per heavy atom. The SMILES string of the molecule is CCC(CC(C)O)OC(CO)C(CO)OC(CC)CC(C)O. The summed E-state index contributed by atoms with van der Waals surface area (Å²) >= 11 is 0. The van der Waals surface area contributed by atoms with E-state index in [0.717, 1.165) is 0 Å². The minimum Gasteiger partial charge on any atom is -0.394 e. The number of hydrogen-bond acceptors (Lipinski definition) is 6. The van der Waals surface area contributed by atoms with Crippen molar-refractivity contribution in [3.63, 3.8) is 0 Å². The zero-order chi connectivity index (χ0) is 17.1. The first kappa shape index (κ1) is 21.8. The van der Waals surface area contributed by atoms with Gasteiger partial charge in [0.1, 0.15) is 12.2 Å². The Bertz CT molecular complexity index is 233. The van der Waals surface area contributed by atoms with E-state index in [0.29, 0.717) is 25.7 Å². The lowest BCUT2D eigenvalue weighted by molar-refractivity contribution is -0.159. The van der Waals surface area contributed by atoms with Crippen LogP contribution in [0.1, 0.15) is 53.4 Å². The molecule has 0 heterocycles. The highest BCUT2D eigenvalue weighted by atomic mass is 16.6. The van der Waals surface area contributed by atoms with E-state index in [1.54, 1.807) is 13.8 Å². The third kappa shape index (κ3) is 9.02. The lowest BCUT2D eigenvalue weighted by Gasteiger charge is -2.32. The van der Waals surface area contributed by atoms with Crippen LogP contribution in [0, 0.1) is 0 Å². The summed E-state index contributed by atoms with van der Waals surface area (Å²) in [5.74, 6) is 0. The van der Waals surface area contributed by atoms with Crippen LogP contribution >= 0.6 is 0 Å². The Morgan fingerprint density at radius 3 is 1.23 bits per heavy atom. The molecule has 0 aromatic carbocycles. The van der Waals surface area contributed by atoms with Crippen LogP contribution in [-0.2, 0) is 9.47 Å². The second kappa shape index (κ2) is 12.2. The van der Waals surface area contributed by atoms with Crippen LogP contribution in [0.2, 0.25) is 0 Å². The molecule has 0 saturated carbocycles. The average Bonchev–Trinajstić information content (AvgIpc) is 2.47. The quantitative estimate of drug-likeness (QED) is 0.401. The lowest BCUT2D eigenvalue weighted by atomic mass is 10.1. The second-order valence-electron chi connectivity index (χ2n) is 5.94. The fourth-order valence-electron chi connectivity index (χ4n) is 2.39. The van der Waals surface area contributed by atoms with Gasteiger partial charge in [0.05, 0.1) is 37.6 Å². The molecule has 0 amide bonds. The van der Waals surface area contributed by atoms with Crippen molar-refractivity contribution in [2.45, 2.75) is 90.0 Å². The van der Waals surface area contributed by atoms with Gasteiger partial charge in [-0.2, -0.15) is 0 Å². The summed E-state index contributed by atoms with van der Waals surface area (Å²) < 4.78 is 11.6. The largest absolute Gasteiger partial charge is 0.394 e. The molecule has 0 rings (SSSR count). The summed E-state index contributed by atoms with van der Waals surface area (Å²) in [6, 6.07) is 0. The highest BCUT2D eigenvalue weighted by molar-refractivity contribution is 4.75. The van der Waals surface area contributed by atoms with Gasteiger partial charge in [0.25, 0.3) is 0 Å². The summed E-state index contributed by atoms with van der Waals surface area (Å²) in [6.07, 6.45) is -0.361. The summed E-state index contributed by atoms with van der Waals surface area (Å²) in [4.78, 5) is 0. The van der Waals surface area contributed by atoms with Crippen molar-refractivity contribution in [1.29, 1.82) is 0 Å². The Labute approximate surface area is 134 Å². The molecule has 0 fully saturated rings. The van der Waals surface area contributed by atoms with Gasteiger partial charge in [-0.25, -0.2) is 0 Å². The third-order valence-corrected chi connectivity index (χ3v) is 3.63. The van der Waals surface area contributed by atoms with E-state index in [2.05, 4.69) is 0 Å². The molecule has 0 saturated heterocycles. The first-order chi connectivity index (χ1) is 10.4. The predicted octanol–water partition coefficient (Wildman–Crippen LogP) is 0.840. The van der Waals surface area contributed by atoms with Crippen molar-refractivity contribution < 1.29 is 29.9 Å². The average molecular weight is 322 g/mol. The van der Waals surface area contributed by atoms with Gasteiger partial charge in [-0.15, -0.1) is 0 Å². The van der Waals surface area contributed by atoms with E-state index < -0.39 is 24.4 Å². The van der Waals surface area contributed by atoms with Gasteiger partial charge in [-0.05, 0) is 39.5 Å². The number of rotatable bonds is 13. The fraction of sp³-hybridized carbons (Fsp3) is 1.00. The van der Waals surface area contributed by atoms with Gasteiger partial charge < -0.3 is 29.9 Å². The van der Waals surface area contributed by atoms with E-state index in [9.17, 15) is 20.4 Å². The second-order valence-corrected chi connectivity index (χ2v) is 5.94. The summed E-state index contributed by atoms with van der Waals surface area (Å²) in [5.41, 5.74) is 0. The van der Waals surface area contributed by atoms with Crippen molar-refractivity contribution in [1.82, 2.24) is 0 Å². The predicted molar refractivity (Wildman–Crippen MR) is 84.7 cm³/mol. The molecular weight excluding hydrogens is 288 g/mol. The van der Waals surface area contributed by atoms with E-state index in [-0.39, 0.29) is 25.4 Å². The minimum atomic E-state index is -0.656. The molecule has 0 aromatic rings. The van der Waals surface area contributed by atoms with E-state index >= 15 is 0 Å². The van der Waals surface area contributed by atoms with Crippen molar-refractivity contribution in [3.8, 4) is 0 Å². The van der Waals surface area contributed by atoms with Crippen LogP contribution in [-0.4, -0.2) is 70.3 Å². The van der Waals surface area contributed by atoms with Crippen molar-refractivity contribution in [2.24, 2.45) is 0 Å². The molecule has 0 aromatic heterocycles. The van der Waals surface area contributed by atoms with Crippen LogP contribution < -0.4 is 0 Å². The first-order valence-corrected chi connectivity index (χ1v) is 8.26. The number of ether oxygens (including phenoxy) is 2. The molecular formula is C16H34O6. The maximum absolute atomic E-state index is 9.55. The molecule has 22 heavy (non-hydrogen) atoms. The topological polar surface area (TPSA) is 99.4 Å². The van der Waals surface area contributed by atoms with E-state index in [1.807, 2.05) is 13.8 Å². The first-order valence-electron chi connectivity index (χ1n) is 8.26. The summed E-state index contributed by atoms with van der Waals surface area (Å²) in [6.45, 7) is 6.72. The zero-order valence-electron chi connectivity index (χ0n) is 14.3. The number of hydrogen-bond donors (Lipinski definition) is 4. The number of aliphatic hydroxyl groups is 4. The van der Waals surface area contributed by atoms with Gasteiger partial charge in [-0.3, -0.25) is 0 Å². The molecule has 0 bridgehead atoms. The van der Waals surface area contributed by atoms with Gasteiger partial charge in [0.15, 0.2) is 0 Å². The molecule has 0 aliphatic carbocycles. The molecule has 0 aliphatic rings. The Balaban J connectivity index is 4.69. The smallest absolute Gasteiger partial charge is 0.109 e. The Hall–Kier alpha value is -0.240. The standard InChI is InChI=1S/C16H34O6/c1-5-13(7-11(3)19)21-15(9-17)16(10-18)22-14(6-2)8-12(4)20/h11-20H,5-10H2,1-4H3. The lowest BCUT2D eigenvalue weighted by Crippen LogP contribution is -2.42. The molecule has 6 heteroatoms. The molecule has 0 aliphatic heterocycles. The Kier molecular flexibility index (Phi) is 12.1. The molecule has 0 radical (unpaired) electrons. The Morgan fingerprint density at radius 2 is 1.05 bits per heavy atom. The van der Waals surface area contributed by atoms with Crippen molar-refractivity contribution >= 4 is 0 Å².